The van der Waals surface area contributed by atoms with Crippen LogP contribution in [-0.4, -0.2) is 23.1 Å². The largest absolute Gasteiger partial charge is 0.320 e. The van der Waals surface area contributed by atoms with E-state index in [1.165, 1.54) is 0 Å². The molecule has 2 rings (SSSR count). The summed E-state index contributed by atoms with van der Waals surface area (Å²) in [4.78, 5) is 17.7. The number of aryl methyl sites for hydroxylation is 1. The number of unbranched alkanes of at least 4 members (excludes halogenated alkanes) is 1. The number of rotatable bonds is 6. The van der Waals surface area contributed by atoms with Crippen LogP contribution in [0.15, 0.2) is 23.0 Å². The number of benzene rings is 1. The quantitative estimate of drug-likeness (QED) is 0.717. The van der Waals surface area contributed by atoms with E-state index in [-0.39, 0.29) is 35.8 Å². The Bertz CT molecular complexity index is 739. The second kappa shape index (κ2) is 10.4. The van der Waals surface area contributed by atoms with Crippen molar-refractivity contribution in [2.75, 3.05) is 13.6 Å². The Balaban J connectivity index is 0.00000288. The molecule has 0 radical (unpaired) electrons. The molecular formula is C18H28Cl3N3O. The number of hydrogen-bond acceptors (Lipinski definition) is 3. The number of nitrogens with one attached hydrogen (secondary N) is 1. The lowest BCUT2D eigenvalue weighted by Gasteiger charge is -2.22. The van der Waals surface area contributed by atoms with Gasteiger partial charge in [0.1, 0.15) is 5.82 Å². The molecule has 1 aromatic carbocycles. The highest BCUT2D eigenvalue weighted by Gasteiger charge is 2.17. The first-order chi connectivity index (χ1) is 10.8. The zero-order chi connectivity index (χ0) is 17.0. The molecule has 0 spiro atoms. The van der Waals surface area contributed by atoms with Crippen LogP contribution in [0, 0.1) is 5.41 Å². The monoisotopic (exact) mass is 407 g/mol. The molecule has 0 bridgehead atoms. The average Bonchev–Trinajstić information content (AvgIpc) is 2.47. The van der Waals surface area contributed by atoms with Gasteiger partial charge in [-0.2, -0.15) is 0 Å². The van der Waals surface area contributed by atoms with E-state index in [1.807, 2.05) is 17.7 Å². The summed E-state index contributed by atoms with van der Waals surface area (Å²) in [5.74, 6) is 0.871. The maximum atomic E-state index is 12.9. The number of hydrogen-bond donors (Lipinski definition) is 1. The van der Waals surface area contributed by atoms with E-state index in [1.54, 1.807) is 12.1 Å². The summed E-state index contributed by atoms with van der Waals surface area (Å²) >= 11 is 6.05. The van der Waals surface area contributed by atoms with Crippen molar-refractivity contribution >= 4 is 47.3 Å². The third-order valence-corrected chi connectivity index (χ3v) is 3.94. The molecule has 0 fully saturated rings. The second-order valence-electron chi connectivity index (χ2n) is 7.20. The third kappa shape index (κ3) is 6.78. The third-order valence-electron chi connectivity index (χ3n) is 3.70. The minimum atomic E-state index is 0. The Morgan fingerprint density at radius 1 is 1.20 bits per heavy atom. The normalized spacial score (nSPS) is 11.1. The van der Waals surface area contributed by atoms with Crippen LogP contribution in [0.5, 0.6) is 0 Å². The van der Waals surface area contributed by atoms with Crippen molar-refractivity contribution < 1.29 is 0 Å². The zero-order valence-electron chi connectivity index (χ0n) is 15.3. The maximum Gasteiger partial charge on any atom is 0.261 e. The Kier molecular flexibility index (Phi) is 10.0. The van der Waals surface area contributed by atoms with Gasteiger partial charge in [0.2, 0.25) is 0 Å². The summed E-state index contributed by atoms with van der Waals surface area (Å²) in [5.41, 5.74) is 0.751. The first-order valence-corrected chi connectivity index (χ1v) is 8.53. The number of nitrogens with zero attached hydrogens (tertiary/aromatic N) is 2. The summed E-state index contributed by atoms with van der Waals surface area (Å²) in [6, 6.07) is 5.34. The SMILES string of the molecule is CNCCCCc1nc2ccc(Cl)cc2c(=O)n1CC(C)(C)C.Cl.Cl. The van der Waals surface area contributed by atoms with Crippen molar-refractivity contribution in [1.82, 2.24) is 14.9 Å². The minimum absolute atomic E-state index is 0. The van der Waals surface area contributed by atoms with E-state index in [9.17, 15) is 4.79 Å². The van der Waals surface area contributed by atoms with Crippen LogP contribution in [0.2, 0.25) is 5.02 Å². The highest BCUT2D eigenvalue weighted by molar-refractivity contribution is 6.31. The first-order valence-electron chi connectivity index (χ1n) is 8.15. The van der Waals surface area contributed by atoms with Crippen molar-refractivity contribution in [1.29, 1.82) is 0 Å². The van der Waals surface area contributed by atoms with Crippen LogP contribution in [0.3, 0.4) is 0 Å². The fraction of sp³-hybridized carbons (Fsp3) is 0.556. The zero-order valence-corrected chi connectivity index (χ0v) is 17.7. The standard InChI is InChI=1S/C18H26ClN3O.2ClH/c1-18(2,3)12-22-16(7-5-6-10-20-4)21-15-9-8-13(19)11-14(15)17(22)23;;/h8-9,11,20H,5-7,10,12H2,1-4H3;2*1H. The molecule has 0 aliphatic heterocycles. The van der Waals surface area contributed by atoms with Gasteiger partial charge in [-0.05, 0) is 50.0 Å². The topological polar surface area (TPSA) is 46.9 Å². The van der Waals surface area contributed by atoms with E-state index in [0.717, 1.165) is 37.1 Å². The van der Waals surface area contributed by atoms with Crippen LogP contribution < -0.4 is 10.9 Å². The van der Waals surface area contributed by atoms with E-state index in [4.69, 9.17) is 16.6 Å². The van der Waals surface area contributed by atoms with Crippen molar-refractivity contribution in [3.05, 3.63) is 39.4 Å². The molecule has 0 amide bonds. The smallest absolute Gasteiger partial charge is 0.261 e. The van der Waals surface area contributed by atoms with E-state index >= 15 is 0 Å². The van der Waals surface area contributed by atoms with E-state index < -0.39 is 0 Å². The van der Waals surface area contributed by atoms with Crippen LogP contribution >= 0.6 is 36.4 Å². The highest BCUT2D eigenvalue weighted by atomic mass is 35.5. The summed E-state index contributed by atoms with van der Waals surface area (Å²) in [5, 5.41) is 4.32. The van der Waals surface area contributed by atoms with Gasteiger partial charge < -0.3 is 5.32 Å². The Hall–Kier alpha value is -0.810. The lowest BCUT2D eigenvalue weighted by Crippen LogP contribution is -2.30. The van der Waals surface area contributed by atoms with E-state index in [0.29, 0.717) is 17.0 Å². The van der Waals surface area contributed by atoms with Gasteiger partial charge in [-0.25, -0.2) is 4.98 Å². The molecule has 0 atom stereocenters. The predicted molar refractivity (Wildman–Crippen MR) is 112 cm³/mol. The molecule has 25 heavy (non-hydrogen) atoms. The van der Waals surface area contributed by atoms with Crippen LogP contribution in [0.4, 0.5) is 0 Å². The predicted octanol–water partition coefficient (Wildman–Crippen LogP) is 4.48. The van der Waals surface area contributed by atoms with Gasteiger partial charge in [-0.1, -0.05) is 32.4 Å². The lowest BCUT2D eigenvalue weighted by molar-refractivity contribution is 0.330. The van der Waals surface area contributed by atoms with Gasteiger partial charge >= 0.3 is 0 Å². The van der Waals surface area contributed by atoms with Crippen molar-refractivity contribution in [2.24, 2.45) is 5.41 Å². The maximum absolute atomic E-state index is 12.9. The summed E-state index contributed by atoms with van der Waals surface area (Å²) < 4.78 is 1.83. The van der Waals surface area contributed by atoms with Crippen LogP contribution in [0.25, 0.3) is 10.9 Å². The van der Waals surface area contributed by atoms with Crippen LogP contribution in [0.1, 0.15) is 39.4 Å². The number of aromatic nitrogens is 2. The average molecular weight is 409 g/mol. The fourth-order valence-electron chi connectivity index (χ4n) is 2.65. The Labute approximate surface area is 167 Å². The summed E-state index contributed by atoms with van der Waals surface area (Å²) in [7, 11) is 1.95. The van der Waals surface area contributed by atoms with E-state index in [2.05, 4.69) is 26.1 Å². The Morgan fingerprint density at radius 3 is 2.48 bits per heavy atom. The minimum Gasteiger partial charge on any atom is -0.320 e. The van der Waals surface area contributed by atoms with Gasteiger partial charge in [-0.15, -0.1) is 24.8 Å². The molecule has 0 saturated carbocycles. The highest BCUT2D eigenvalue weighted by Crippen LogP contribution is 2.20. The van der Waals surface area contributed by atoms with Gasteiger partial charge in [0.15, 0.2) is 0 Å². The molecule has 142 valence electrons. The molecule has 0 aliphatic rings. The van der Waals surface area contributed by atoms with Crippen molar-refractivity contribution in [2.45, 2.75) is 46.6 Å². The molecule has 2 aromatic rings. The molecular weight excluding hydrogens is 381 g/mol. The molecule has 0 saturated heterocycles. The van der Waals surface area contributed by atoms with Crippen molar-refractivity contribution in [3.8, 4) is 0 Å². The van der Waals surface area contributed by atoms with Gasteiger partial charge in [-0.3, -0.25) is 9.36 Å². The second-order valence-corrected chi connectivity index (χ2v) is 7.64. The molecule has 1 aromatic heterocycles. The molecule has 1 heterocycles. The summed E-state index contributed by atoms with van der Waals surface area (Å²) in [6.07, 6.45) is 2.89. The van der Waals surface area contributed by atoms with Crippen LogP contribution in [-0.2, 0) is 13.0 Å². The molecule has 0 aliphatic carbocycles. The van der Waals surface area contributed by atoms with Gasteiger partial charge in [0.25, 0.3) is 5.56 Å². The lowest BCUT2D eigenvalue weighted by atomic mass is 9.96. The Morgan fingerprint density at radius 2 is 1.88 bits per heavy atom. The molecule has 1 N–H and O–H groups in total. The fourth-order valence-corrected chi connectivity index (χ4v) is 2.82. The van der Waals surface area contributed by atoms with Crippen molar-refractivity contribution in [3.63, 3.8) is 0 Å². The first kappa shape index (κ1) is 24.2. The number of halogens is 3. The molecule has 4 nitrogen and oxygen atoms in total. The van der Waals surface area contributed by atoms with Gasteiger partial charge in [0.05, 0.1) is 10.9 Å². The molecule has 7 heteroatoms. The molecule has 0 unspecified atom stereocenters. The number of fused-ring (bicyclic) bond motifs is 1. The summed E-state index contributed by atoms with van der Waals surface area (Å²) in [6.45, 7) is 8.03. The van der Waals surface area contributed by atoms with Gasteiger partial charge in [0, 0.05) is 18.0 Å².